The van der Waals surface area contributed by atoms with Gasteiger partial charge in [0.2, 0.25) is 0 Å². The van der Waals surface area contributed by atoms with E-state index in [1.807, 2.05) is 18.2 Å². The van der Waals surface area contributed by atoms with E-state index in [0.29, 0.717) is 18.3 Å². The number of aliphatic carboxylic acids is 1. The lowest BCUT2D eigenvalue weighted by Crippen LogP contribution is -2.34. The molecule has 3 atom stereocenters. The number of rotatable bonds is 11. The fraction of sp³-hybridized carbons (Fsp3) is 0.394. The van der Waals surface area contributed by atoms with Crippen LogP contribution in [-0.2, 0) is 16.0 Å². The van der Waals surface area contributed by atoms with Gasteiger partial charge in [0.1, 0.15) is 24.1 Å². The first-order valence-corrected chi connectivity index (χ1v) is 14.3. The smallest absolute Gasteiger partial charge is 0.328 e. The van der Waals surface area contributed by atoms with Gasteiger partial charge in [0, 0.05) is 18.9 Å². The van der Waals surface area contributed by atoms with Crippen molar-refractivity contribution in [2.75, 3.05) is 26.2 Å². The van der Waals surface area contributed by atoms with Crippen LogP contribution < -0.4 is 15.2 Å². The number of carbonyl (C=O) groups excluding carboxylic acids is 1. The van der Waals surface area contributed by atoms with Crippen molar-refractivity contribution in [2.24, 2.45) is 5.73 Å². The summed E-state index contributed by atoms with van der Waals surface area (Å²) in [4.78, 5) is 25.7. The first kappa shape index (κ1) is 27.9. The molecule has 40 heavy (non-hydrogen) atoms. The number of fused-ring (bicyclic) bond motifs is 1. The minimum Gasteiger partial charge on any atom is -0.492 e. The second kappa shape index (κ2) is 13.1. The maximum absolute atomic E-state index is 12.4. The van der Waals surface area contributed by atoms with Crippen LogP contribution in [0.2, 0.25) is 0 Å². The molecule has 0 amide bonds. The summed E-state index contributed by atoms with van der Waals surface area (Å²) in [6, 6.07) is 24.0. The maximum Gasteiger partial charge on any atom is 0.328 e. The molecule has 1 heterocycles. The van der Waals surface area contributed by atoms with Gasteiger partial charge in [0.05, 0.1) is 0 Å². The normalized spacial score (nSPS) is 19.5. The molecule has 0 radical (unpaired) electrons. The number of carbonyl (C=O) groups is 2. The number of hydrogen-bond donors (Lipinski definition) is 2. The van der Waals surface area contributed by atoms with Crippen molar-refractivity contribution in [3.8, 4) is 11.5 Å². The number of likely N-dealkylation sites (tertiary alicyclic amines) is 1. The molecule has 1 aliphatic carbocycles. The molecular formula is C33H38N2O5. The molecule has 3 aromatic rings. The Hall–Kier alpha value is -3.68. The number of carboxylic acid groups (broad SMARTS) is 1. The predicted molar refractivity (Wildman–Crippen MR) is 154 cm³/mol. The number of ether oxygens (including phenoxy) is 2. The number of aryl methyl sites for hydroxylation is 1. The molecule has 1 saturated heterocycles. The molecule has 3 N–H and O–H groups in total. The molecule has 7 heteroatoms. The predicted octanol–water partition coefficient (Wildman–Crippen LogP) is 5.12. The average Bonchev–Trinajstić information content (AvgIpc) is 3.49. The fourth-order valence-electron chi connectivity index (χ4n) is 5.99. The van der Waals surface area contributed by atoms with E-state index in [1.54, 1.807) is 0 Å². The SMILES string of the molecule is NC(CCC(=O)O)C(=O)Oc1ccc2c(c1)CCC(c1ccccc1)C2c1ccc(OCCN2CCCC2)cc1. The van der Waals surface area contributed by atoms with Crippen LogP contribution in [0.3, 0.4) is 0 Å². The highest BCUT2D eigenvalue weighted by Gasteiger charge is 2.32. The van der Waals surface area contributed by atoms with Crippen molar-refractivity contribution >= 4 is 11.9 Å². The molecule has 0 aromatic heterocycles. The molecule has 5 rings (SSSR count). The van der Waals surface area contributed by atoms with Gasteiger partial charge < -0.3 is 20.3 Å². The summed E-state index contributed by atoms with van der Waals surface area (Å²) in [5.41, 5.74) is 10.8. The summed E-state index contributed by atoms with van der Waals surface area (Å²) in [6.07, 6.45) is 4.25. The van der Waals surface area contributed by atoms with Gasteiger partial charge in [-0.05, 0) is 97.6 Å². The van der Waals surface area contributed by atoms with E-state index in [0.717, 1.165) is 30.7 Å². The Bertz CT molecular complexity index is 1290. The van der Waals surface area contributed by atoms with Crippen LogP contribution in [-0.4, -0.2) is 54.2 Å². The molecule has 3 unspecified atom stereocenters. The Kier molecular flexibility index (Phi) is 9.14. The molecule has 1 aliphatic heterocycles. The van der Waals surface area contributed by atoms with E-state index in [2.05, 4.69) is 59.5 Å². The lowest BCUT2D eigenvalue weighted by Gasteiger charge is -2.35. The van der Waals surface area contributed by atoms with Crippen molar-refractivity contribution in [1.29, 1.82) is 0 Å². The average molecular weight is 543 g/mol. The maximum atomic E-state index is 12.4. The Labute approximate surface area is 235 Å². The summed E-state index contributed by atoms with van der Waals surface area (Å²) in [5, 5.41) is 8.87. The van der Waals surface area contributed by atoms with Crippen LogP contribution in [0.1, 0.15) is 66.2 Å². The fourth-order valence-corrected chi connectivity index (χ4v) is 5.99. The number of benzene rings is 3. The van der Waals surface area contributed by atoms with E-state index in [9.17, 15) is 9.59 Å². The van der Waals surface area contributed by atoms with E-state index < -0.39 is 18.0 Å². The van der Waals surface area contributed by atoms with Gasteiger partial charge >= 0.3 is 11.9 Å². The summed E-state index contributed by atoms with van der Waals surface area (Å²) >= 11 is 0. The molecule has 7 nitrogen and oxygen atoms in total. The second-order valence-corrected chi connectivity index (χ2v) is 10.8. The Morgan fingerprint density at radius 1 is 0.950 bits per heavy atom. The summed E-state index contributed by atoms with van der Waals surface area (Å²) < 4.78 is 11.6. The topological polar surface area (TPSA) is 102 Å². The molecular weight excluding hydrogens is 504 g/mol. The van der Waals surface area contributed by atoms with Gasteiger partial charge in [0.25, 0.3) is 0 Å². The van der Waals surface area contributed by atoms with Gasteiger partial charge in [-0.25, -0.2) is 4.79 Å². The van der Waals surface area contributed by atoms with Crippen LogP contribution in [0.4, 0.5) is 0 Å². The van der Waals surface area contributed by atoms with Crippen LogP contribution >= 0.6 is 0 Å². The number of nitrogens with two attached hydrogens (primary N) is 1. The van der Waals surface area contributed by atoms with Crippen LogP contribution in [0, 0.1) is 0 Å². The zero-order valence-corrected chi connectivity index (χ0v) is 22.8. The second-order valence-electron chi connectivity index (χ2n) is 10.8. The first-order valence-electron chi connectivity index (χ1n) is 14.3. The third-order valence-electron chi connectivity index (χ3n) is 8.11. The molecule has 2 aliphatic rings. The quantitative estimate of drug-likeness (QED) is 0.256. The van der Waals surface area contributed by atoms with Crippen LogP contribution in [0.5, 0.6) is 11.5 Å². The summed E-state index contributed by atoms with van der Waals surface area (Å²) in [7, 11) is 0. The Morgan fingerprint density at radius 2 is 1.68 bits per heavy atom. The van der Waals surface area contributed by atoms with E-state index >= 15 is 0 Å². The molecule has 1 fully saturated rings. The van der Waals surface area contributed by atoms with Crippen molar-refractivity contribution < 1.29 is 24.2 Å². The molecule has 3 aromatic carbocycles. The standard InChI is InChI=1S/C33H38N2O5/c34-30(16-17-31(36)37)33(38)40-27-13-15-29-25(22-27)10-14-28(23-6-2-1-3-7-23)32(29)24-8-11-26(12-9-24)39-21-20-35-18-4-5-19-35/h1-3,6-9,11-13,15,22,28,30,32H,4-5,10,14,16-21,34H2,(H,36,37). The highest BCUT2D eigenvalue weighted by molar-refractivity contribution is 5.79. The van der Waals surface area contributed by atoms with Crippen molar-refractivity contribution in [2.45, 2.75) is 56.4 Å². The number of hydrogen-bond acceptors (Lipinski definition) is 6. The third kappa shape index (κ3) is 6.90. The van der Waals surface area contributed by atoms with Crippen molar-refractivity contribution in [1.82, 2.24) is 4.90 Å². The summed E-state index contributed by atoms with van der Waals surface area (Å²) in [6.45, 7) is 4.00. The zero-order valence-electron chi connectivity index (χ0n) is 22.8. The third-order valence-corrected chi connectivity index (χ3v) is 8.11. The van der Waals surface area contributed by atoms with E-state index in [4.69, 9.17) is 20.3 Å². The zero-order chi connectivity index (χ0) is 27.9. The van der Waals surface area contributed by atoms with Crippen LogP contribution in [0.25, 0.3) is 0 Å². The minimum absolute atomic E-state index is 0.0396. The highest BCUT2D eigenvalue weighted by atomic mass is 16.5. The van der Waals surface area contributed by atoms with Gasteiger partial charge in [-0.3, -0.25) is 9.69 Å². The van der Waals surface area contributed by atoms with Crippen molar-refractivity contribution in [3.05, 3.63) is 95.1 Å². The van der Waals surface area contributed by atoms with Gasteiger partial charge in [-0.1, -0.05) is 48.5 Å². The molecule has 0 spiro atoms. The monoisotopic (exact) mass is 542 g/mol. The van der Waals surface area contributed by atoms with Gasteiger partial charge in [0.15, 0.2) is 0 Å². The number of nitrogens with zero attached hydrogens (tertiary/aromatic N) is 1. The first-order chi connectivity index (χ1) is 19.5. The molecule has 210 valence electrons. The molecule has 0 saturated carbocycles. The number of esters is 1. The summed E-state index contributed by atoms with van der Waals surface area (Å²) in [5.74, 6) is 0.180. The highest BCUT2D eigenvalue weighted by Crippen LogP contribution is 2.47. The van der Waals surface area contributed by atoms with Crippen LogP contribution in [0.15, 0.2) is 72.8 Å². The minimum atomic E-state index is -0.988. The Morgan fingerprint density at radius 3 is 2.40 bits per heavy atom. The largest absolute Gasteiger partial charge is 0.492 e. The van der Waals surface area contributed by atoms with Gasteiger partial charge in [-0.2, -0.15) is 0 Å². The lowest BCUT2D eigenvalue weighted by molar-refractivity contribution is -0.138. The van der Waals surface area contributed by atoms with E-state index in [-0.39, 0.29) is 18.8 Å². The number of carboxylic acids is 1. The van der Waals surface area contributed by atoms with Gasteiger partial charge in [-0.15, -0.1) is 0 Å². The van der Waals surface area contributed by atoms with Crippen molar-refractivity contribution in [3.63, 3.8) is 0 Å². The van der Waals surface area contributed by atoms with E-state index in [1.165, 1.54) is 42.6 Å². The molecule has 0 bridgehead atoms. The lowest BCUT2D eigenvalue weighted by atomic mass is 9.69. The Balaban J connectivity index is 1.34.